The molecule has 0 bridgehead atoms. The number of hydrogen-bond donors (Lipinski definition) is 2. The molecule has 86 valence electrons. The lowest BCUT2D eigenvalue weighted by Crippen LogP contribution is -2.36. The van der Waals surface area contributed by atoms with Crippen molar-refractivity contribution in [1.82, 2.24) is 4.90 Å². The summed E-state index contributed by atoms with van der Waals surface area (Å²) < 4.78 is 4.72. The second-order valence-corrected chi connectivity index (χ2v) is 3.65. The summed E-state index contributed by atoms with van der Waals surface area (Å²) in [4.78, 5) is 23.3. The maximum Gasteiger partial charge on any atom is 0.308 e. The standard InChI is InChI=1S/C9H15NO5/c1-15-5-7(11)4-10-3-6(9(13)14)2-8(10)12/h6-7,11H,2-5H2,1H3,(H,13,14). The van der Waals surface area contributed by atoms with Gasteiger partial charge in [-0.25, -0.2) is 0 Å². The first-order valence-corrected chi connectivity index (χ1v) is 4.72. The fraction of sp³-hybridized carbons (Fsp3) is 0.778. The van der Waals surface area contributed by atoms with Crippen molar-refractivity contribution in [2.75, 3.05) is 26.8 Å². The van der Waals surface area contributed by atoms with Crippen molar-refractivity contribution in [1.29, 1.82) is 0 Å². The monoisotopic (exact) mass is 217 g/mol. The zero-order valence-corrected chi connectivity index (χ0v) is 8.55. The summed E-state index contributed by atoms with van der Waals surface area (Å²) in [6.07, 6.45) is -0.735. The Hall–Kier alpha value is -1.14. The van der Waals surface area contributed by atoms with Crippen molar-refractivity contribution in [3.05, 3.63) is 0 Å². The number of aliphatic hydroxyl groups is 1. The van der Waals surface area contributed by atoms with Gasteiger partial charge in [-0.05, 0) is 0 Å². The molecule has 1 heterocycles. The van der Waals surface area contributed by atoms with Gasteiger partial charge in [-0.1, -0.05) is 0 Å². The van der Waals surface area contributed by atoms with E-state index in [-0.39, 0.29) is 32.0 Å². The number of amides is 1. The number of likely N-dealkylation sites (tertiary alicyclic amines) is 1. The molecule has 1 aliphatic rings. The molecule has 0 aromatic heterocycles. The Bertz CT molecular complexity index is 255. The normalized spacial score (nSPS) is 23.2. The van der Waals surface area contributed by atoms with Crippen LogP contribution in [-0.2, 0) is 14.3 Å². The van der Waals surface area contributed by atoms with Crippen molar-refractivity contribution >= 4 is 11.9 Å². The molecule has 1 fully saturated rings. The third-order valence-electron chi connectivity index (χ3n) is 2.35. The number of carboxylic acid groups (broad SMARTS) is 1. The van der Waals surface area contributed by atoms with E-state index in [1.807, 2.05) is 0 Å². The minimum atomic E-state index is -0.966. The third-order valence-corrected chi connectivity index (χ3v) is 2.35. The summed E-state index contributed by atoms with van der Waals surface area (Å²) in [5, 5.41) is 18.1. The zero-order chi connectivity index (χ0) is 11.4. The first-order chi connectivity index (χ1) is 7.04. The maximum atomic E-state index is 11.3. The summed E-state index contributed by atoms with van der Waals surface area (Å²) in [7, 11) is 1.45. The van der Waals surface area contributed by atoms with Crippen LogP contribution in [0.4, 0.5) is 0 Å². The first kappa shape index (κ1) is 11.9. The Morgan fingerprint density at radius 1 is 1.73 bits per heavy atom. The van der Waals surface area contributed by atoms with Crippen LogP contribution in [0.3, 0.4) is 0 Å². The van der Waals surface area contributed by atoms with E-state index in [0.717, 1.165) is 0 Å². The van der Waals surface area contributed by atoms with Crippen LogP contribution >= 0.6 is 0 Å². The molecule has 0 aromatic rings. The summed E-state index contributed by atoms with van der Waals surface area (Å²) in [6, 6.07) is 0. The molecule has 0 aliphatic carbocycles. The van der Waals surface area contributed by atoms with Gasteiger partial charge in [0.15, 0.2) is 0 Å². The lowest BCUT2D eigenvalue weighted by Gasteiger charge is -2.19. The van der Waals surface area contributed by atoms with Crippen molar-refractivity contribution in [2.45, 2.75) is 12.5 Å². The van der Waals surface area contributed by atoms with Crippen LogP contribution < -0.4 is 0 Å². The zero-order valence-electron chi connectivity index (χ0n) is 8.55. The first-order valence-electron chi connectivity index (χ1n) is 4.72. The Labute approximate surface area is 87.4 Å². The van der Waals surface area contributed by atoms with E-state index in [9.17, 15) is 14.7 Å². The Morgan fingerprint density at radius 3 is 2.87 bits per heavy atom. The highest BCUT2D eigenvalue weighted by atomic mass is 16.5. The molecular weight excluding hydrogens is 202 g/mol. The van der Waals surface area contributed by atoms with E-state index in [1.165, 1.54) is 12.0 Å². The molecule has 6 heteroatoms. The molecule has 2 N–H and O–H groups in total. The fourth-order valence-electron chi connectivity index (χ4n) is 1.61. The number of carbonyl (C=O) groups is 2. The average Bonchev–Trinajstić information content (AvgIpc) is 2.48. The van der Waals surface area contributed by atoms with E-state index in [2.05, 4.69) is 0 Å². The topological polar surface area (TPSA) is 87.1 Å². The number of rotatable bonds is 5. The number of aliphatic carboxylic acids is 1. The molecule has 2 atom stereocenters. The molecule has 1 aliphatic heterocycles. The van der Waals surface area contributed by atoms with E-state index in [1.54, 1.807) is 0 Å². The van der Waals surface area contributed by atoms with Gasteiger partial charge in [0.1, 0.15) is 0 Å². The van der Waals surface area contributed by atoms with Crippen molar-refractivity contribution in [3.63, 3.8) is 0 Å². The molecule has 15 heavy (non-hydrogen) atoms. The molecule has 2 unspecified atom stereocenters. The van der Waals surface area contributed by atoms with Crippen molar-refractivity contribution in [3.8, 4) is 0 Å². The van der Waals surface area contributed by atoms with Gasteiger partial charge in [0.05, 0.1) is 18.6 Å². The second kappa shape index (κ2) is 5.09. The molecule has 0 radical (unpaired) electrons. The lowest BCUT2D eigenvalue weighted by atomic mass is 10.1. The number of nitrogens with zero attached hydrogens (tertiary/aromatic N) is 1. The van der Waals surface area contributed by atoms with Crippen LogP contribution in [0.2, 0.25) is 0 Å². The molecule has 1 rings (SSSR count). The number of hydrogen-bond acceptors (Lipinski definition) is 4. The molecular formula is C9H15NO5. The molecule has 0 aromatic carbocycles. The van der Waals surface area contributed by atoms with E-state index < -0.39 is 18.0 Å². The summed E-state index contributed by atoms with van der Waals surface area (Å²) >= 11 is 0. The summed E-state index contributed by atoms with van der Waals surface area (Å²) in [5.41, 5.74) is 0. The predicted molar refractivity (Wildman–Crippen MR) is 50.2 cm³/mol. The smallest absolute Gasteiger partial charge is 0.308 e. The highest BCUT2D eigenvalue weighted by Crippen LogP contribution is 2.17. The molecule has 0 saturated carbocycles. The Balaban J connectivity index is 2.43. The largest absolute Gasteiger partial charge is 0.481 e. The molecule has 6 nitrogen and oxygen atoms in total. The lowest BCUT2D eigenvalue weighted by molar-refractivity contribution is -0.141. The van der Waals surface area contributed by atoms with Crippen LogP contribution in [0, 0.1) is 5.92 Å². The number of carboxylic acids is 1. The quantitative estimate of drug-likeness (QED) is 0.612. The summed E-state index contributed by atoms with van der Waals surface area (Å²) in [5.74, 6) is -1.84. The molecule has 0 spiro atoms. The van der Waals surface area contributed by atoms with Crippen molar-refractivity contribution < 1.29 is 24.5 Å². The van der Waals surface area contributed by atoms with Gasteiger partial charge in [0.2, 0.25) is 5.91 Å². The van der Waals surface area contributed by atoms with Gasteiger partial charge in [0, 0.05) is 26.6 Å². The van der Waals surface area contributed by atoms with Gasteiger partial charge in [-0.2, -0.15) is 0 Å². The van der Waals surface area contributed by atoms with Gasteiger partial charge in [0.25, 0.3) is 0 Å². The number of aliphatic hydroxyl groups excluding tert-OH is 1. The Kier molecular flexibility index (Phi) is 4.05. The van der Waals surface area contributed by atoms with Crippen LogP contribution in [0.5, 0.6) is 0 Å². The highest BCUT2D eigenvalue weighted by molar-refractivity contribution is 5.86. The minimum absolute atomic E-state index is 0.0229. The maximum absolute atomic E-state index is 11.3. The van der Waals surface area contributed by atoms with Crippen LogP contribution in [0.25, 0.3) is 0 Å². The number of methoxy groups -OCH3 is 1. The minimum Gasteiger partial charge on any atom is -0.481 e. The summed E-state index contributed by atoms with van der Waals surface area (Å²) in [6.45, 7) is 0.451. The third kappa shape index (κ3) is 3.17. The van der Waals surface area contributed by atoms with Crippen LogP contribution in [0.1, 0.15) is 6.42 Å². The Morgan fingerprint density at radius 2 is 2.40 bits per heavy atom. The second-order valence-electron chi connectivity index (χ2n) is 3.65. The van der Waals surface area contributed by atoms with E-state index in [0.29, 0.717) is 0 Å². The van der Waals surface area contributed by atoms with Crippen molar-refractivity contribution in [2.24, 2.45) is 5.92 Å². The number of ether oxygens (including phenoxy) is 1. The fourth-order valence-corrected chi connectivity index (χ4v) is 1.61. The van der Waals surface area contributed by atoms with Gasteiger partial charge in [-0.3, -0.25) is 9.59 Å². The highest BCUT2D eigenvalue weighted by Gasteiger charge is 2.34. The van der Waals surface area contributed by atoms with Crippen LogP contribution in [-0.4, -0.2) is 59.9 Å². The number of β-amino-alcohol motifs (C(OH)–C–C–N with tert-alkyl or cyclic N) is 1. The molecule has 1 saturated heterocycles. The van der Waals surface area contributed by atoms with Gasteiger partial charge >= 0.3 is 5.97 Å². The van der Waals surface area contributed by atoms with E-state index >= 15 is 0 Å². The average molecular weight is 217 g/mol. The van der Waals surface area contributed by atoms with Crippen LogP contribution in [0.15, 0.2) is 0 Å². The SMILES string of the molecule is COCC(O)CN1CC(C(=O)O)CC1=O. The van der Waals surface area contributed by atoms with E-state index in [4.69, 9.17) is 9.84 Å². The van der Waals surface area contributed by atoms with Gasteiger partial charge in [-0.15, -0.1) is 0 Å². The molecule has 1 amide bonds. The number of carbonyl (C=O) groups excluding carboxylic acids is 1. The predicted octanol–water partition coefficient (Wildman–Crippen LogP) is -1.07. The van der Waals surface area contributed by atoms with Gasteiger partial charge < -0.3 is 19.8 Å².